The minimum Gasteiger partial charge on any atom is -0.348 e. The predicted molar refractivity (Wildman–Crippen MR) is 116 cm³/mol. The second-order valence-corrected chi connectivity index (χ2v) is 8.27. The summed E-state index contributed by atoms with van der Waals surface area (Å²) in [5.74, 6) is 0.951. The average molecular weight is 417 g/mol. The van der Waals surface area contributed by atoms with Gasteiger partial charge in [0.15, 0.2) is 0 Å². The Morgan fingerprint density at radius 1 is 1.14 bits per heavy atom. The first kappa shape index (κ1) is 21.4. The molecule has 2 heterocycles. The van der Waals surface area contributed by atoms with Crippen LogP contribution in [0.1, 0.15) is 37.1 Å². The van der Waals surface area contributed by atoms with Crippen molar-refractivity contribution in [2.45, 2.75) is 38.7 Å². The Morgan fingerprint density at radius 3 is 2.55 bits per heavy atom. The summed E-state index contributed by atoms with van der Waals surface area (Å²) in [4.78, 5) is 26.3. The number of nitrogens with one attached hydrogen (secondary N) is 3. The van der Waals surface area contributed by atoms with Crippen LogP contribution in [0.4, 0.5) is 5.82 Å². The standard InChI is InChI=1S/C21H29N5O2S/c1-4-25(5-2)12-6-11-22-20(27)21(28)23-19-17-13-29-14-18(17)24-26(19)16-9-7-15(3)8-10-16/h7-10H,4-6,11-14H2,1-3H3,(H,22,27)(H,23,28)/p+1. The third kappa shape index (κ3) is 5.19. The monoisotopic (exact) mass is 416 g/mol. The molecule has 0 radical (unpaired) electrons. The molecule has 1 aliphatic heterocycles. The molecular formula is C21H30N5O2S+. The van der Waals surface area contributed by atoms with Crippen LogP contribution in [0.5, 0.6) is 0 Å². The molecule has 0 unspecified atom stereocenters. The maximum atomic E-state index is 12.5. The molecule has 2 amide bonds. The summed E-state index contributed by atoms with van der Waals surface area (Å²) in [6, 6.07) is 7.95. The van der Waals surface area contributed by atoms with E-state index in [0.29, 0.717) is 12.4 Å². The summed E-state index contributed by atoms with van der Waals surface area (Å²) in [5, 5.41) is 10.2. The quantitative estimate of drug-likeness (QED) is 0.448. The largest absolute Gasteiger partial charge is 0.348 e. The fourth-order valence-corrected chi connectivity index (χ4v) is 4.44. The summed E-state index contributed by atoms with van der Waals surface area (Å²) in [7, 11) is 0. The molecule has 0 saturated heterocycles. The van der Waals surface area contributed by atoms with Crippen molar-refractivity contribution < 1.29 is 14.5 Å². The van der Waals surface area contributed by atoms with Crippen LogP contribution in [-0.2, 0) is 21.1 Å². The number of nitrogens with zero attached hydrogens (tertiary/aromatic N) is 2. The first-order chi connectivity index (χ1) is 14.0. The third-order valence-corrected chi connectivity index (χ3v) is 6.23. The molecule has 29 heavy (non-hydrogen) atoms. The molecule has 0 aliphatic carbocycles. The fraction of sp³-hybridized carbons (Fsp3) is 0.476. The first-order valence-corrected chi connectivity index (χ1v) is 11.4. The number of anilines is 1. The van der Waals surface area contributed by atoms with E-state index >= 15 is 0 Å². The van der Waals surface area contributed by atoms with Gasteiger partial charge in [-0.2, -0.15) is 16.9 Å². The molecule has 3 rings (SSSR count). The summed E-state index contributed by atoms with van der Waals surface area (Å²) in [6.07, 6.45) is 0.851. The van der Waals surface area contributed by atoms with E-state index in [2.05, 4.69) is 29.6 Å². The predicted octanol–water partition coefficient (Wildman–Crippen LogP) is 1.30. The van der Waals surface area contributed by atoms with Gasteiger partial charge in [0.05, 0.1) is 31.0 Å². The number of hydrogen-bond acceptors (Lipinski definition) is 4. The van der Waals surface area contributed by atoms with Crippen molar-refractivity contribution in [1.29, 1.82) is 0 Å². The van der Waals surface area contributed by atoms with E-state index in [1.807, 2.05) is 31.2 Å². The van der Waals surface area contributed by atoms with Crippen molar-refractivity contribution in [2.24, 2.45) is 0 Å². The van der Waals surface area contributed by atoms with Gasteiger partial charge in [0.1, 0.15) is 5.82 Å². The number of rotatable bonds is 8. The highest BCUT2D eigenvalue weighted by Gasteiger charge is 2.26. The van der Waals surface area contributed by atoms with Crippen LogP contribution in [0.25, 0.3) is 5.69 Å². The van der Waals surface area contributed by atoms with Crippen LogP contribution in [0.15, 0.2) is 24.3 Å². The summed E-state index contributed by atoms with van der Waals surface area (Å²) in [5.41, 5.74) is 3.99. The van der Waals surface area contributed by atoms with Gasteiger partial charge in [-0.1, -0.05) is 17.7 Å². The van der Waals surface area contributed by atoms with E-state index in [4.69, 9.17) is 0 Å². The average Bonchev–Trinajstić information content (AvgIpc) is 3.31. The SMILES string of the molecule is CC[NH+](CC)CCCNC(=O)C(=O)Nc1c2c(nn1-c1ccc(C)cc1)CSC2. The van der Waals surface area contributed by atoms with Crippen molar-refractivity contribution in [3.63, 3.8) is 0 Å². The van der Waals surface area contributed by atoms with Crippen LogP contribution in [0.2, 0.25) is 0 Å². The second kappa shape index (κ2) is 9.93. The van der Waals surface area contributed by atoms with E-state index < -0.39 is 11.8 Å². The molecule has 0 spiro atoms. The highest BCUT2D eigenvalue weighted by molar-refractivity contribution is 7.98. The molecule has 0 bridgehead atoms. The molecular weight excluding hydrogens is 386 g/mol. The molecule has 1 aromatic heterocycles. The van der Waals surface area contributed by atoms with Crippen LogP contribution in [-0.4, -0.2) is 47.8 Å². The van der Waals surface area contributed by atoms with E-state index in [9.17, 15) is 9.59 Å². The number of aryl methyl sites for hydroxylation is 1. The van der Waals surface area contributed by atoms with Gasteiger partial charge in [-0.25, -0.2) is 4.68 Å². The molecule has 0 atom stereocenters. The van der Waals surface area contributed by atoms with Gasteiger partial charge in [-0.15, -0.1) is 0 Å². The topological polar surface area (TPSA) is 80.5 Å². The molecule has 2 aromatic rings. The van der Waals surface area contributed by atoms with Gasteiger partial charge in [-0.3, -0.25) is 9.59 Å². The van der Waals surface area contributed by atoms with Gasteiger partial charge in [0.2, 0.25) is 0 Å². The van der Waals surface area contributed by atoms with Crippen LogP contribution >= 0.6 is 11.8 Å². The Balaban J connectivity index is 1.65. The zero-order valence-corrected chi connectivity index (χ0v) is 18.2. The van der Waals surface area contributed by atoms with Crippen molar-refractivity contribution in [3.05, 3.63) is 41.1 Å². The summed E-state index contributed by atoms with van der Waals surface area (Å²) < 4.78 is 1.73. The molecule has 0 fully saturated rings. The lowest BCUT2D eigenvalue weighted by Gasteiger charge is -2.15. The first-order valence-electron chi connectivity index (χ1n) is 10.2. The maximum absolute atomic E-state index is 12.5. The molecule has 156 valence electrons. The third-order valence-electron chi connectivity index (χ3n) is 5.26. The van der Waals surface area contributed by atoms with Crippen LogP contribution in [0.3, 0.4) is 0 Å². The van der Waals surface area contributed by atoms with Crippen molar-refractivity contribution in [1.82, 2.24) is 15.1 Å². The minimum absolute atomic E-state index is 0.501. The Bertz CT molecular complexity index is 859. The molecule has 0 saturated carbocycles. The fourth-order valence-electron chi connectivity index (χ4n) is 3.40. The number of benzene rings is 1. The number of thioether (sulfide) groups is 1. The Kier molecular flexibility index (Phi) is 7.33. The number of quaternary nitrogens is 1. The van der Waals surface area contributed by atoms with E-state index in [-0.39, 0.29) is 0 Å². The second-order valence-electron chi connectivity index (χ2n) is 7.28. The lowest BCUT2D eigenvalue weighted by molar-refractivity contribution is -0.896. The lowest BCUT2D eigenvalue weighted by Crippen LogP contribution is -3.11. The molecule has 7 nitrogen and oxygen atoms in total. The zero-order chi connectivity index (χ0) is 20.8. The number of fused-ring (bicyclic) bond motifs is 1. The number of amides is 2. The minimum atomic E-state index is -0.645. The zero-order valence-electron chi connectivity index (χ0n) is 17.4. The van der Waals surface area contributed by atoms with Crippen molar-refractivity contribution >= 4 is 29.4 Å². The summed E-state index contributed by atoms with van der Waals surface area (Å²) in [6.45, 7) is 9.95. The van der Waals surface area contributed by atoms with Crippen molar-refractivity contribution in [2.75, 3.05) is 31.5 Å². The van der Waals surface area contributed by atoms with E-state index in [0.717, 1.165) is 60.1 Å². The van der Waals surface area contributed by atoms with E-state index in [1.165, 1.54) is 4.90 Å². The van der Waals surface area contributed by atoms with Gasteiger partial charge >= 0.3 is 11.8 Å². The Morgan fingerprint density at radius 2 is 1.86 bits per heavy atom. The van der Waals surface area contributed by atoms with Crippen LogP contribution in [0, 0.1) is 6.92 Å². The van der Waals surface area contributed by atoms with Crippen molar-refractivity contribution in [3.8, 4) is 5.69 Å². The number of aromatic nitrogens is 2. The molecule has 8 heteroatoms. The smallest absolute Gasteiger partial charge is 0.314 e. The van der Waals surface area contributed by atoms with Crippen LogP contribution < -0.4 is 15.5 Å². The Hall–Kier alpha value is -2.32. The van der Waals surface area contributed by atoms with Gasteiger partial charge < -0.3 is 15.5 Å². The van der Waals surface area contributed by atoms with Gasteiger partial charge in [0, 0.05) is 30.0 Å². The summed E-state index contributed by atoms with van der Waals surface area (Å²) >= 11 is 1.76. The van der Waals surface area contributed by atoms with Gasteiger partial charge in [-0.05, 0) is 32.9 Å². The number of hydrogen-bond donors (Lipinski definition) is 3. The highest BCUT2D eigenvalue weighted by Crippen LogP contribution is 2.36. The molecule has 1 aromatic carbocycles. The lowest BCUT2D eigenvalue weighted by atomic mass is 10.2. The maximum Gasteiger partial charge on any atom is 0.314 e. The van der Waals surface area contributed by atoms with E-state index in [1.54, 1.807) is 16.4 Å². The molecule has 1 aliphatic rings. The molecule has 3 N–H and O–H groups in total. The highest BCUT2D eigenvalue weighted by atomic mass is 32.2. The normalized spacial score (nSPS) is 12.8. The number of carbonyl (C=O) groups excluding carboxylic acids is 2. The number of carbonyl (C=O) groups is 2. The Labute approximate surface area is 176 Å². The van der Waals surface area contributed by atoms with Gasteiger partial charge in [0.25, 0.3) is 0 Å².